The molecular weight excluding hydrogens is 535 g/mol. The van der Waals surface area contributed by atoms with Gasteiger partial charge in [0.2, 0.25) is 0 Å². The van der Waals surface area contributed by atoms with Gasteiger partial charge in [-0.25, -0.2) is 23.8 Å². The topological polar surface area (TPSA) is 93.5 Å². The van der Waals surface area contributed by atoms with Gasteiger partial charge < -0.3 is 9.64 Å². The highest BCUT2D eigenvalue weighted by Gasteiger charge is 2.50. The summed E-state index contributed by atoms with van der Waals surface area (Å²) in [7, 11) is 1.83. The Hall–Kier alpha value is -4.05. The molecule has 1 unspecified atom stereocenters. The first-order valence-electron chi connectivity index (χ1n) is 13.2. The molecule has 206 valence electrons. The number of urea groups is 1. The first kappa shape index (κ1) is 26.2. The third-order valence-electron chi connectivity index (χ3n) is 7.67. The number of halogens is 2. The minimum Gasteiger partial charge on any atom is -0.487 e. The number of carbonyl (C=O) groups is 2. The number of aryl methyl sites for hydroxylation is 2. The summed E-state index contributed by atoms with van der Waals surface area (Å²) in [5.74, 6) is 0.459. The average molecular weight is 563 g/mol. The summed E-state index contributed by atoms with van der Waals surface area (Å²) >= 11 is 6.56. The Bertz CT molecular complexity index is 1670. The van der Waals surface area contributed by atoms with Gasteiger partial charge in [0.1, 0.15) is 36.1 Å². The van der Waals surface area contributed by atoms with Crippen LogP contribution in [-0.2, 0) is 18.4 Å². The van der Waals surface area contributed by atoms with Crippen LogP contribution in [0.5, 0.6) is 5.75 Å². The number of amides is 3. The lowest BCUT2D eigenvalue weighted by atomic mass is 9.99. The van der Waals surface area contributed by atoms with Gasteiger partial charge in [0, 0.05) is 35.3 Å². The number of imide groups is 1. The smallest absolute Gasteiger partial charge is 0.328 e. The molecule has 4 aromatic rings. The van der Waals surface area contributed by atoms with E-state index in [2.05, 4.69) is 10.1 Å². The van der Waals surface area contributed by atoms with Gasteiger partial charge in [-0.15, -0.1) is 0 Å². The molecule has 2 aromatic carbocycles. The van der Waals surface area contributed by atoms with Gasteiger partial charge in [-0.3, -0.25) is 9.69 Å². The van der Waals surface area contributed by atoms with Gasteiger partial charge in [0.15, 0.2) is 5.82 Å². The zero-order valence-electron chi connectivity index (χ0n) is 22.6. The molecule has 3 amide bonds. The van der Waals surface area contributed by atoms with E-state index in [0.717, 1.165) is 29.5 Å². The van der Waals surface area contributed by atoms with Crippen molar-refractivity contribution >= 4 is 34.4 Å². The first-order chi connectivity index (χ1) is 19.2. The fourth-order valence-electron chi connectivity index (χ4n) is 5.51. The van der Waals surface area contributed by atoms with Crippen LogP contribution in [0.25, 0.3) is 22.3 Å². The van der Waals surface area contributed by atoms with Crippen molar-refractivity contribution in [3.05, 3.63) is 70.4 Å². The molecule has 1 aliphatic heterocycles. The van der Waals surface area contributed by atoms with Gasteiger partial charge in [-0.05, 0) is 63.4 Å². The van der Waals surface area contributed by atoms with Crippen molar-refractivity contribution in [2.75, 3.05) is 0 Å². The monoisotopic (exact) mass is 562 g/mol. The molecule has 1 aliphatic carbocycles. The first-order valence-corrected chi connectivity index (χ1v) is 13.5. The molecule has 2 atom stereocenters. The number of hydrogen-bond acceptors (Lipinski definition) is 6. The van der Waals surface area contributed by atoms with Crippen LogP contribution < -0.4 is 4.74 Å². The maximum absolute atomic E-state index is 14.6. The summed E-state index contributed by atoms with van der Waals surface area (Å²) in [4.78, 5) is 38.1. The predicted octanol–water partition coefficient (Wildman–Crippen LogP) is 5.59. The predicted molar refractivity (Wildman–Crippen MR) is 147 cm³/mol. The number of pyridine rings is 1. The van der Waals surface area contributed by atoms with Crippen LogP contribution in [0.1, 0.15) is 49.6 Å². The third-order valence-corrected chi connectivity index (χ3v) is 8.01. The highest BCUT2D eigenvalue weighted by Crippen LogP contribution is 2.39. The van der Waals surface area contributed by atoms with Crippen LogP contribution in [0.4, 0.5) is 9.18 Å². The molecule has 1 saturated heterocycles. The summed E-state index contributed by atoms with van der Waals surface area (Å²) in [6, 6.07) is 8.48. The standard InChI is InChI=1S/C29H28ClFN6O3/c1-15-10-22(27-32-14-33-35(27)4)20-6-5-7-25(26(20)34-15)40-13-23-21(11-18(31)12-24(23)30)16(2)36-17(3)28(38)37(29(36)39)19-8-9-19/h5-7,10-12,14,16-17,19H,8-9,13H2,1-4H3/t16-,17?/m0/s1. The third kappa shape index (κ3) is 4.36. The molecule has 1 saturated carbocycles. The molecule has 2 fully saturated rings. The van der Waals surface area contributed by atoms with E-state index < -0.39 is 17.9 Å². The van der Waals surface area contributed by atoms with Crippen LogP contribution in [0.2, 0.25) is 5.02 Å². The maximum atomic E-state index is 14.6. The zero-order chi connectivity index (χ0) is 28.3. The summed E-state index contributed by atoms with van der Waals surface area (Å²) in [6.45, 7) is 5.38. The fraction of sp³-hybridized carbons (Fsp3) is 0.345. The lowest BCUT2D eigenvalue weighted by Gasteiger charge is -2.29. The normalized spacial score (nSPS) is 18.2. The Morgan fingerprint density at radius 3 is 2.67 bits per heavy atom. The molecule has 2 aromatic heterocycles. The van der Waals surface area contributed by atoms with E-state index in [1.165, 1.54) is 28.3 Å². The summed E-state index contributed by atoms with van der Waals surface area (Å²) in [6.07, 6.45) is 3.13. The number of fused-ring (bicyclic) bond motifs is 1. The minimum atomic E-state index is -0.664. The lowest BCUT2D eigenvalue weighted by Crippen LogP contribution is -2.37. The Labute approximate surface area is 235 Å². The molecule has 9 nitrogen and oxygen atoms in total. The molecule has 3 heterocycles. The Balaban J connectivity index is 1.35. The van der Waals surface area contributed by atoms with E-state index in [9.17, 15) is 14.0 Å². The molecule has 2 aliphatic rings. The van der Waals surface area contributed by atoms with Crippen LogP contribution in [0, 0.1) is 12.7 Å². The van der Waals surface area contributed by atoms with Gasteiger partial charge >= 0.3 is 6.03 Å². The Kier molecular flexibility index (Phi) is 6.45. The number of para-hydroxylation sites is 1. The molecule has 0 bridgehead atoms. The molecule has 0 radical (unpaired) electrons. The molecule has 40 heavy (non-hydrogen) atoms. The van der Waals surface area contributed by atoms with Crippen LogP contribution in [0.3, 0.4) is 0 Å². The number of carbonyl (C=O) groups excluding carboxylic acids is 2. The van der Waals surface area contributed by atoms with E-state index in [0.29, 0.717) is 28.2 Å². The van der Waals surface area contributed by atoms with Crippen molar-refractivity contribution in [2.45, 2.75) is 58.3 Å². The zero-order valence-corrected chi connectivity index (χ0v) is 23.3. The van der Waals surface area contributed by atoms with Crippen LogP contribution in [-0.4, -0.2) is 53.6 Å². The number of ether oxygens (including phenoxy) is 1. The highest BCUT2D eigenvalue weighted by molar-refractivity contribution is 6.31. The Morgan fingerprint density at radius 2 is 1.98 bits per heavy atom. The second kappa shape index (κ2) is 9.85. The number of nitrogens with zero attached hydrogens (tertiary/aromatic N) is 6. The van der Waals surface area contributed by atoms with E-state index in [4.69, 9.17) is 21.3 Å². The summed E-state index contributed by atoms with van der Waals surface area (Å²) in [5.41, 5.74) is 3.31. The molecule has 6 rings (SSSR count). The number of benzene rings is 2. The number of rotatable bonds is 7. The van der Waals surface area contributed by atoms with Crippen molar-refractivity contribution in [3.8, 4) is 17.1 Å². The van der Waals surface area contributed by atoms with Crippen molar-refractivity contribution in [1.29, 1.82) is 0 Å². The summed E-state index contributed by atoms with van der Waals surface area (Å²) < 4.78 is 22.6. The Morgan fingerprint density at radius 1 is 1.20 bits per heavy atom. The molecule has 0 N–H and O–H groups in total. The van der Waals surface area contributed by atoms with E-state index >= 15 is 0 Å². The average Bonchev–Trinajstić information content (AvgIpc) is 3.60. The number of hydrogen-bond donors (Lipinski definition) is 0. The summed E-state index contributed by atoms with van der Waals surface area (Å²) in [5, 5.41) is 5.21. The van der Waals surface area contributed by atoms with Crippen molar-refractivity contribution in [3.63, 3.8) is 0 Å². The largest absolute Gasteiger partial charge is 0.487 e. The van der Waals surface area contributed by atoms with E-state index in [1.807, 2.05) is 38.2 Å². The van der Waals surface area contributed by atoms with Crippen LogP contribution >= 0.6 is 11.6 Å². The van der Waals surface area contributed by atoms with Crippen LogP contribution in [0.15, 0.2) is 42.7 Å². The highest BCUT2D eigenvalue weighted by atomic mass is 35.5. The van der Waals surface area contributed by atoms with E-state index in [-0.39, 0.29) is 29.6 Å². The van der Waals surface area contributed by atoms with Gasteiger partial charge in [-0.2, -0.15) is 5.10 Å². The van der Waals surface area contributed by atoms with Crippen molar-refractivity contribution in [2.24, 2.45) is 7.05 Å². The van der Waals surface area contributed by atoms with E-state index in [1.54, 1.807) is 18.5 Å². The molecular formula is C29H28ClFN6O3. The second-order valence-corrected chi connectivity index (χ2v) is 10.8. The number of aromatic nitrogens is 4. The minimum absolute atomic E-state index is 0.00348. The van der Waals surface area contributed by atoms with Crippen molar-refractivity contribution in [1.82, 2.24) is 29.5 Å². The molecule has 0 spiro atoms. The fourth-order valence-corrected chi connectivity index (χ4v) is 5.78. The SMILES string of the molecule is Cc1cc(-c2ncnn2C)c2cccc(OCc3c(Cl)cc(F)cc3[C@H](C)N3C(=O)N(C4CC4)C(=O)C3C)c2n1. The second-order valence-electron chi connectivity index (χ2n) is 10.4. The quantitative estimate of drug-likeness (QED) is 0.273. The lowest BCUT2D eigenvalue weighted by molar-refractivity contribution is -0.128. The van der Waals surface area contributed by atoms with Gasteiger partial charge in [0.05, 0.1) is 11.1 Å². The molecule has 11 heteroatoms. The van der Waals surface area contributed by atoms with Crippen molar-refractivity contribution < 1.29 is 18.7 Å². The van der Waals surface area contributed by atoms with Gasteiger partial charge in [0.25, 0.3) is 5.91 Å². The maximum Gasteiger partial charge on any atom is 0.328 e. The van der Waals surface area contributed by atoms with Gasteiger partial charge in [-0.1, -0.05) is 23.7 Å².